The third-order valence-electron chi connectivity index (χ3n) is 8.81. The van der Waals surface area contributed by atoms with Crippen LogP contribution in [0.2, 0.25) is 0 Å². The molecule has 2 fully saturated rings. The minimum Gasteiger partial charge on any atom is -0.508 e. The molecule has 38 heavy (non-hydrogen) atoms. The second kappa shape index (κ2) is 10.6. The molecule has 3 rings (SSSR count). The molecule has 1 N–H and O–H groups in total. The lowest BCUT2D eigenvalue weighted by atomic mass is 9.37. The van der Waals surface area contributed by atoms with Crippen molar-refractivity contribution in [3.8, 4) is 5.75 Å². The van der Waals surface area contributed by atoms with Crippen molar-refractivity contribution in [2.24, 2.45) is 28.1 Å². The highest BCUT2D eigenvalue weighted by Gasteiger charge is 2.76. The predicted octanol–water partition coefficient (Wildman–Crippen LogP) is 7.00. The number of phenolic OH excluding ortho intramolecular Hbond substituents is 1. The van der Waals surface area contributed by atoms with E-state index in [1.54, 1.807) is 0 Å². The van der Waals surface area contributed by atoms with Crippen molar-refractivity contribution in [1.82, 2.24) is 0 Å². The summed E-state index contributed by atoms with van der Waals surface area (Å²) in [4.78, 5) is 58.0. The first-order valence-electron chi connectivity index (χ1n) is 13.5. The summed E-state index contributed by atoms with van der Waals surface area (Å²) in [6.45, 7) is 15.5. The maximum Gasteiger partial charge on any atom is 0.184 e. The number of ketones is 4. The highest BCUT2D eigenvalue weighted by Crippen LogP contribution is 2.65. The molecule has 0 amide bonds. The summed E-state index contributed by atoms with van der Waals surface area (Å²) in [5.41, 5.74) is -1.18. The Morgan fingerprint density at radius 1 is 0.895 bits per heavy atom. The number of aromatic hydroxyl groups is 1. The molecule has 0 heterocycles. The minimum absolute atomic E-state index is 0.0467. The van der Waals surface area contributed by atoms with Gasteiger partial charge < -0.3 is 5.11 Å². The van der Waals surface area contributed by atoms with E-state index in [-0.39, 0.29) is 42.3 Å². The Morgan fingerprint density at radius 3 is 2.03 bits per heavy atom. The lowest BCUT2D eigenvalue weighted by Gasteiger charge is -2.60. The highest BCUT2D eigenvalue weighted by atomic mass is 16.3. The molecule has 0 aromatic heterocycles. The predicted molar refractivity (Wildman–Crippen MR) is 150 cm³/mol. The number of carbonyl (C=O) groups excluding carboxylic acids is 4. The summed E-state index contributed by atoms with van der Waals surface area (Å²) in [6, 6.07) is 5.82. The maximum absolute atomic E-state index is 14.8. The first kappa shape index (κ1) is 29.5. The molecule has 0 saturated heterocycles. The zero-order valence-electron chi connectivity index (χ0n) is 24.1. The van der Waals surface area contributed by atoms with E-state index in [9.17, 15) is 24.3 Å². The van der Waals surface area contributed by atoms with Crippen LogP contribution in [-0.4, -0.2) is 28.2 Å². The van der Waals surface area contributed by atoms with Gasteiger partial charge in [0.1, 0.15) is 5.75 Å². The van der Waals surface area contributed by atoms with Crippen molar-refractivity contribution in [2.45, 2.75) is 81.1 Å². The van der Waals surface area contributed by atoms with E-state index in [0.717, 1.165) is 16.7 Å². The molecule has 0 spiro atoms. The van der Waals surface area contributed by atoms with Crippen molar-refractivity contribution < 1.29 is 24.3 Å². The van der Waals surface area contributed by atoms with Gasteiger partial charge in [-0.15, -0.1) is 0 Å². The molecule has 5 nitrogen and oxygen atoms in total. The molecule has 0 aliphatic heterocycles. The van der Waals surface area contributed by atoms with Gasteiger partial charge in [-0.05, 0) is 90.7 Å². The van der Waals surface area contributed by atoms with Crippen molar-refractivity contribution in [2.75, 3.05) is 0 Å². The number of hydrogen-bond acceptors (Lipinski definition) is 5. The Hall–Kier alpha value is -3.08. The van der Waals surface area contributed by atoms with E-state index in [2.05, 4.69) is 6.08 Å². The number of fused-ring (bicyclic) bond motifs is 2. The number of allylic oxidation sites excluding steroid dienone is 6. The average Bonchev–Trinajstić information content (AvgIpc) is 2.82. The molecule has 4 unspecified atom stereocenters. The van der Waals surface area contributed by atoms with E-state index in [1.807, 2.05) is 67.5 Å². The van der Waals surface area contributed by atoms with Gasteiger partial charge in [0.15, 0.2) is 28.5 Å². The fraction of sp³-hybridized carbons (Fsp3) is 0.515. The zero-order valence-corrected chi connectivity index (χ0v) is 24.1. The van der Waals surface area contributed by atoms with Crippen LogP contribution in [0.25, 0.3) is 0 Å². The van der Waals surface area contributed by atoms with Crippen LogP contribution >= 0.6 is 0 Å². The summed E-state index contributed by atoms with van der Waals surface area (Å²) in [5, 5.41) is 10.1. The van der Waals surface area contributed by atoms with Gasteiger partial charge >= 0.3 is 0 Å². The van der Waals surface area contributed by atoms with Crippen LogP contribution in [-0.2, 0) is 14.4 Å². The Labute approximate surface area is 227 Å². The van der Waals surface area contributed by atoms with Crippen LogP contribution in [0.3, 0.4) is 0 Å². The Balaban J connectivity index is 2.40. The maximum atomic E-state index is 14.8. The van der Waals surface area contributed by atoms with Gasteiger partial charge in [0.25, 0.3) is 0 Å². The highest BCUT2D eigenvalue weighted by molar-refractivity contribution is 6.40. The molecule has 2 aliphatic rings. The summed E-state index contributed by atoms with van der Waals surface area (Å²) < 4.78 is 0. The standard InChI is InChI=1S/C33H42O5/c1-20(2)12-14-24-19-32(27(35)23-10-9-11-25(34)18-23)28(36)26(15-13-21(3)4)29(37)33(30(32)38,31(24,7)8)17-16-22(5)6/h9-13,16,18,24,26,34H,14-15,17,19H2,1-8H3. The number of rotatable bonds is 8. The topological polar surface area (TPSA) is 88.5 Å². The van der Waals surface area contributed by atoms with Crippen LogP contribution in [0.1, 0.15) is 91.4 Å². The van der Waals surface area contributed by atoms with Gasteiger partial charge in [-0.1, -0.05) is 60.9 Å². The largest absolute Gasteiger partial charge is 0.508 e. The molecule has 2 aliphatic carbocycles. The van der Waals surface area contributed by atoms with Gasteiger partial charge in [0.2, 0.25) is 0 Å². The molecule has 4 atom stereocenters. The van der Waals surface area contributed by atoms with Crippen molar-refractivity contribution in [1.29, 1.82) is 0 Å². The van der Waals surface area contributed by atoms with Gasteiger partial charge in [-0.3, -0.25) is 19.2 Å². The van der Waals surface area contributed by atoms with Crippen LogP contribution in [0, 0.1) is 28.1 Å². The molecule has 2 saturated carbocycles. The van der Waals surface area contributed by atoms with Crippen LogP contribution in [0.15, 0.2) is 59.2 Å². The van der Waals surface area contributed by atoms with Crippen LogP contribution < -0.4 is 0 Å². The quantitative estimate of drug-likeness (QED) is 0.227. The molecule has 2 bridgehead atoms. The Bertz CT molecular complexity index is 1250. The van der Waals surface area contributed by atoms with E-state index in [4.69, 9.17) is 0 Å². The molecule has 1 aromatic rings. The third kappa shape index (κ3) is 4.65. The van der Waals surface area contributed by atoms with Gasteiger partial charge in [-0.25, -0.2) is 0 Å². The van der Waals surface area contributed by atoms with E-state index in [1.165, 1.54) is 24.3 Å². The van der Waals surface area contributed by atoms with E-state index < -0.39 is 39.5 Å². The van der Waals surface area contributed by atoms with Crippen LogP contribution in [0.5, 0.6) is 5.75 Å². The molecule has 204 valence electrons. The fourth-order valence-corrected chi connectivity index (χ4v) is 6.42. The summed E-state index contributed by atoms with van der Waals surface area (Å²) in [5.74, 6) is -3.61. The zero-order chi connectivity index (χ0) is 28.6. The molecule has 1 aromatic carbocycles. The summed E-state index contributed by atoms with van der Waals surface area (Å²) >= 11 is 0. The lowest BCUT2D eigenvalue weighted by Crippen LogP contribution is -2.73. The Kier molecular flexibility index (Phi) is 8.21. The van der Waals surface area contributed by atoms with E-state index >= 15 is 0 Å². The normalized spacial score (nSPS) is 27.9. The van der Waals surface area contributed by atoms with Gasteiger partial charge in [0.05, 0.1) is 11.3 Å². The molecular weight excluding hydrogens is 476 g/mol. The van der Waals surface area contributed by atoms with E-state index in [0.29, 0.717) is 6.42 Å². The number of phenols is 1. The lowest BCUT2D eigenvalue weighted by molar-refractivity contribution is -0.180. The smallest absolute Gasteiger partial charge is 0.184 e. The SMILES string of the molecule is CC(C)=CCC1C(=O)C2(C(=O)c3cccc(O)c3)CC(CC=C(C)C)C(C)(C)C(CC=C(C)C)(C1=O)C2=O. The number of hydrogen-bond donors (Lipinski definition) is 1. The number of carbonyl (C=O) groups is 4. The van der Waals surface area contributed by atoms with Crippen LogP contribution in [0.4, 0.5) is 0 Å². The molecule has 0 radical (unpaired) electrons. The van der Waals surface area contributed by atoms with Gasteiger partial charge in [0, 0.05) is 5.56 Å². The monoisotopic (exact) mass is 518 g/mol. The third-order valence-corrected chi connectivity index (χ3v) is 8.81. The van der Waals surface area contributed by atoms with Crippen molar-refractivity contribution in [3.05, 3.63) is 64.8 Å². The minimum atomic E-state index is -1.98. The molecular formula is C33H42O5. The second-order valence-electron chi connectivity index (χ2n) is 12.4. The summed E-state index contributed by atoms with van der Waals surface area (Å²) in [6.07, 6.45) is 6.72. The second-order valence-corrected chi connectivity index (χ2v) is 12.4. The first-order chi connectivity index (χ1) is 17.6. The van der Waals surface area contributed by atoms with Crippen molar-refractivity contribution in [3.63, 3.8) is 0 Å². The number of Topliss-reactive ketones (excluding diaryl/α,β-unsaturated/α-hetero) is 4. The van der Waals surface area contributed by atoms with Gasteiger partial charge in [-0.2, -0.15) is 0 Å². The van der Waals surface area contributed by atoms with Crippen molar-refractivity contribution >= 4 is 23.1 Å². The average molecular weight is 519 g/mol. The first-order valence-corrected chi connectivity index (χ1v) is 13.5. The number of benzene rings is 1. The summed E-state index contributed by atoms with van der Waals surface area (Å²) in [7, 11) is 0. The molecule has 5 heteroatoms. The fourth-order valence-electron chi connectivity index (χ4n) is 6.42. The Morgan fingerprint density at radius 2 is 1.47 bits per heavy atom.